The molecule has 1 amide bonds. The van der Waals surface area contributed by atoms with Gasteiger partial charge in [-0.1, -0.05) is 18.2 Å². The van der Waals surface area contributed by atoms with E-state index in [1.54, 1.807) is 13.2 Å². The molecule has 0 spiro atoms. The van der Waals surface area contributed by atoms with Gasteiger partial charge in [-0.3, -0.25) is 4.79 Å². The number of carbonyl (C=O) groups is 1. The van der Waals surface area contributed by atoms with Crippen LogP contribution >= 0.6 is 0 Å². The van der Waals surface area contributed by atoms with Gasteiger partial charge in [0.1, 0.15) is 23.6 Å². The number of benzene rings is 2. The van der Waals surface area contributed by atoms with Gasteiger partial charge in [-0.15, -0.1) is 0 Å². The van der Waals surface area contributed by atoms with Gasteiger partial charge in [0.05, 0.1) is 7.11 Å². The molecule has 3 rings (SSSR count). The number of nitrogens with one attached hydrogen (secondary N) is 2. The van der Waals surface area contributed by atoms with Crippen LogP contribution in [0.3, 0.4) is 0 Å². The van der Waals surface area contributed by atoms with Crippen molar-refractivity contribution in [3.63, 3.8) is 0 Å². The fraction of sp³-hybridized carbons (Fsp3) is 0.190. The van der Waals surface area contributed by atoms with Gasteiger partial charge in [-0.25, -0.2) is 9.97 Å². The summed E-state index contributed by atoms with van der Waals surface area (Å²) in [5.41, 5.74) is 3.17. The Labute approximate surface area is 164 Å². The maximum absolute atomic E-state index is 12.5. The van der Waals surface area contributed by atoms with Crippen LogP contribution < -0.4 is 20.3 Å². The predicted octanol–water partition coefficient (Wildman–Crippen LogP) is 3.22. The molecular weight excluding hydrogens is 354 g/mol. The van der Waals surface area contributed by atoms with Crippen LogP contribution in [-0.4, -0.2) is 37.1 Å². The van der Waals surface area contributed by atoms with Crippen LogP contribution in [0.15, 0.2) is 60.9 Å². The molecule has 1 aromatic heterocycles. The van der Waals surface area contributed by atoms with E-state index in [9.17, 15) is 4.79 Å². The molecule has 28 heavy (non-hydrogen) atoms. The van der Waals surface area contributed by atoms with Gasteiger partial charge in [0.15, 0.2) is 0 Å². The number of rotatable bonds is 7. The summed E-state index contributed by atoms with van der Waals surface area (Å²) in [5.74, 6) is 1.00. The van der Waals surface area contributed by atoms with Gasteiger partial charge in [0.2, 0.25) is 0 Å². The molecule has 0 aliphatic carbocycles. The summed E-state index contributed by atoms with van der Waals surface area (Å²) >= 11 is 0. The van der Waals surface area contributed by atoms with Crippen LogP contribution in [0.1, 0.15) is 16.1 Å². The van der Waals surface area contributed by atoms with E-state index in [0.29, 0.717) is 12.4 Å². The normalized spacial score (nSPS) is 10.2. The average Bonchev–Trinajstić information content (AvgIpc) is 2.72. The zero-order valence-electron chi connectivity index (χ0n) is 16.1. The first-order valence-electron chi connectivity index (χ1n) is 8.83. The fourth-order valence-corrected chi connectivity index (χ4v) is 2.66. The predicted molar refractivity (Wildman–Crippen MR) is 110 cm³/mol. The Morgan fingerprint density at radius 3 is 2.54 bits per heavy atom. The minimum atomic E-state index is -0.278. The van der Waals surface area contributed by atoms with Crippen molar-refractivity contribution in [1.29, 1.82) is 0 Å². The minimum absolute atomic E-state index is 0.278. The third kappa shape index (κ3) is 4.76. The van der Waals surface area contributed by atoms with Crippen LogP contribution in [0.2, 0.25) is 0 Å². The molecule has 0 saturated heterocycles. The Kier molecular flexibility index (Phi) is 6.06. The number of hydrogen-bond acceptors (Lipinski definition) is 6. The van der Waals surface area contributed by atoms with Crippen LogP contribution in [0.5, 0.6) is 5.75 Å². The first-order valence-corrected chi connectivity index (χ1v) is 8.83. The van der Waals surface area contributed by atoms with Crippen LogP contribution in [0.4, 0.5) is 17.2 Å². The Balaban J connectivity index is 1.66. The number of methoxy groups -OCH3 is 1. The summed E-state index contributed by atoms with van der Waals surface area (Å²) in [6.45, 7) is 0.349. The molecule has 0 fully saturated rings. The van der Waals surface area contributed by atoms with Gasteiger partial charge in [-0.05, 0) is 30.3 Å². The summed E-state index contributed by atoms with van der Waals surface area (Å²) in [6, 6.07) is 17.1. The molecule has 2 aromatic carbocycles. The summed E-state index contributed by atoms with van der Waals surface area (Å²) in [7, 11) is 5.58. The average molecular weight is 377 g/mol. The van der Waals surface area contributed by atoms with E-state index in [1.165, 1.54) is 6.33 Å². The van der Waals surface area contributed by atoms with Crippen LogP contribution in [-0.2, 0) is 6.54 Å². The first kappa shape index (κ1) is 19.2. The van der Waals surface area contributed by atoms with E-state index in [4.69, 9.17) is 4.74 Å². The van der Waals surface area contributed by atoms with E-state index >= 15 is 0 Å². The van der Waals surface area contributed by atoms with Gasteiger partial charge in [0.25, 0.3) is 5.91 Å². The molecule has 3 aromatic rings. The van der Waals surface area contributed by atoms with Crippen LogP contribution in [0, 0.1) is 0 Å². The quantitative estimate of drug-likeness (QED) is 0.658. The molecule has 0 aliphatic heterocycles. The largest absolute Gasteiger partial charge is 0.496 e. The van der Waals surface area contributed by atoms with Crippen molar-refractivity contribution in [1.82, 2.24) is 15.3 Å². The van der Waals surface area contributed by atoms with Crippen molar-refractivity contribution in [2.45, 2.75) is 6.54 Å². The maximum Gasteiger partial charge on any atom is 0.270 e. The first-order chi connectivity index (χ1) is 13.6. The summed E-state index contributed by atoms with van der Waals surface area (Å²) in [4.78, 5) is 22.8. The van der Waals surface area contributed by atoms with Crippen molar-refractivity contribution >= 4 is 23.1 Å². The molecule has 0 unspecified atom stereocenters. The highest BCUT2D eigenvalue weighted by Crippen LogP contribution is 2.19. The monoisotopic (exact) mass is 377 g/mol. The zero-order valence-corrected chi connectivity index (χ0v) is 16.1. The Hall–Kier alpha value is -3.61. The molecule has 7 heteroatoms. The number of para-hydroxylation sites is 1. The van der Waals surface area contributed by atoms with E-state index in [2.05, 4.69) is 20.6 Å². The molecule has 1 heterocycles. The second-order valence-corrected chi connectivity index (χ2v) is 6.35. The van der Waals surface area contributed by atoms with Gasteiger partial charge in [-0.2, -0.15) is 0 Å². The topological polar surface area (TPSA) is 79.4 Å². The van der Waals surface area contributed by atoms with Crippen molar-refractivity contribution in [3.8, 4) is 5.75 Å². The molecular formula is C21H23N5O2. The number of nitrogens with zero attached hydrogens (tertiary/aromatic N) is 3. The number of anilines is 3. The third-order valence-electron chi connectivity index (χ3n) is 4.19. The second kappa shape index (κ2) is 8.85. The van der Waals surface area contributed by atoms with Gasteiger partial charge in [0, 0.05) is 43.6 Å². The highest BCUT2D eigenvalue weighted by atomic mass is 16.5. The lowest BCUT2D eigenvalue weighted by atomic mass is 10.2. The smallest absolute Gasteiger partial charge is 0.270 e. The molecule has 0 saturated carbocycles. The maximum atomic E-state index is 12.5. The van der Waals surface area contributed by atoms with Crippen molar-refractivity contribution in [2.75, 3.05) is 31.4 Å². The molecule has 144 valence electrons. The fourth-order valence-electron chi connectivity index (χ4n) is 2.66. The Bertz CT molecular complexity index is 942. The molecule has 0 bridgehead atoms. The number of carbonyl (C=O) groups excluding carboxylic acids is 1. The van der Waals surface area contributed by atoms with Crippen molar-refractivity contribution in [3.05, 3.63) is 72.2 Å². The number of hydrogen-bond donors (Lipinski definition) is 2. The molecule has 0 aliphatic rings. The SMILES string of the molecule is COc1ccccc1CNC(=O)c1cc(Nc2ccc(N(C)C)cc2)ncn1. The van der Waals surface area contributed by atoms with E-state index in [1.807, 2.05) is 67.5 Å². The van der Waals surface area contributed by atoms with E-state index in [-0.39, 0.29) is 11.6 Å². The number of amides is 1. The molecule has 7 nitrogen and oxygen atoms in total. The summed E-state index contributed by atoms with van der Waals surface area (Å²) in [5, 5.41) is 6.05. The number of aromatic nitrogens is 2. The van der Waals surface area contributed by atoms with Crippen molar-refractivity contribution in [2.24, 2.45) is 0 Å². The minimum Gasteiger partial charge on any atom is -0.496 e. The summed E-state index contributed by atoms with van der Waals surface area (Å²) in [6.07, 6.45) is 1.37. The Morgan fingerprint density at radius 2 is 1.82 bits per heavy atom. The zero-order chi connectivity index (χ0) is 19.9. The molecule has 2 N–H and O–H groups in total. The number of ether oxygens (including phenoxy) is 1. The van der Waals surface area contributed by atoms with E-state index < -0.39 is 0 Å². The lowest BCUT2D eigenvalue weighted by Crippen LogP contribution is -2.24. The second-order valence-electron chi connectivity index (χ2n) is 6.35. The van der Waals surface area contributed by atoms with Gasteiger partial charge >= 0.3 is 0 Å². The lowest BCUT2D eigenvalue weighted by Gasteiger charge is -2.13. The lowest BCUT2D eigenvalue weighted by molar-refractivity contribution is 0.0945. The standard InChI is InChI=1S/C21H23N5O2/c1-26(2)17-10-8-16(9-11-17)25-20-12-18(23-14-24-20)21(27)22-13-15-6-4-5-7-19(15)28-3/h4-12,14H,13H2,1-3H3,(H,22,27)(H,23,24,25). The van der Waals surface area contributed by atoms with Crippen molar-refractivity contribution < 1.29 is 9.53 Å². The summed E-state index contributed by atoms with van der Waals surface area (Å²) < 4.78 is 5.30. The highest BCUT2D eigenvalue weighted by molar-refractivity contribution is 5.93. The van der Waals surface area contributed by atoms with Crippen LogP contribution in [0.25, 0.3) is 0 Å². The third-order valence-corrected chi connectivity index (χ3v) is 4.19. The molecule has 0 radical (unpaired) electrons. The highest BCUT2D eigenvalue weighted by Gasteiger charge is 2.10. The molecule has 0 atom stereocenters. The Morgan fingerprint density at radius 1 is 1.07 bits per heavy atom. The van der Waals surface area contributed by atoms with E-state index in [0.717, 1.165) is 22.7 Å². The van der Waals surface area contributed by atoms with Gasteiger partial charge < -0.3 is 20.3 Å².